The molecular formula is C18H20N2O2. The number of rotatable bonds is 5. The molecule has 1 heterocycles. The van der Waals surface area contributed by atoms with Crippen LogP contribution in [0.1, 0.15) is 30.8 Å². The molecule has 3 rings (SSSR count). The Kier molecular flexibility index (Phi) is 4.11. The second-order valence-electron chi connectivity index (χ2n) is 5.25. The second-order valence-corrected chi connectivity index (χ2v) is 5.25. The highest BCUT2D eigenvalue weighted by atomic mass is 16.5. The van der Waals surface area contributed by atoms with Gasteiger partial charge in [-0.1, -0.05) is 37.3 Å². The molecule has 0 radical (unpaired) electrons. The highest BCUT2D eigenvalue weighted by Crippen LogP contribution is 2.31. The van der Waals surface area contributed by atoms with E-state index in [4.69, 9.17) is 4.74 Å². The van der Waals surface area contributed by atoms with Crippen LogP contribution in [0.5, 0.6) is 5.75 Å². The van der Waals surface area contributed by atoms with Gasteiger partial charge in [-0.15, -0.1) is 0 Å². The normalized spacial score (nSPS) is 12.5. The van der Waals surface area contributed by atoms with E-state index < -0.39 is 6.10 Å². The summed E-state index contributed by atoms with van der Waals surface area (Å²) in [6, 6.07) is 15.5. The molecule has 0 fully saturated rings. The van der Waals surface area contributed by atoms with E-state index in [2.05, 4.69) is 16.5 Å². The number of benzene rings is 2. The van der Waals surface area contributed by atoms with Gasteiger partial charge < -0.3 is 14.4 Å². The van der Waals surface area contributed by atoms with Gasteiger partial charge in [0, 0.05) is 12.1 Å². The van der Waals surface area contributed by atoms with Gasteiger partial charge in [0.25, 0.3) is 0 Å². The van der Waals surface area contributed by atoms with Crippen LogP contribution in [-0.2, 0) is 6.54 Å². The molecule has 0 bridgehead atoms. The van der Waals surface area contributed by atoms with E-state index in [1.807, 2.05) is 48.5 Å². The van der Waals surface area contributed by atoms with Crippen LogP contribution in [-0.4, -0.2) is 21.8 Å². The van der Waals surface area contributed by atoms with Crippen LogP contribution >= 0.6 is 0 Å². The standard InChI is InChI=1S/C18H20N2O2/c1-3-12-20-15-10-6-5-9-14(15)19-18(20)17(21)13-8-4-7-11-16(13)22-2/h4-11,17,21H,3,12H2,1-2H3/t17-/m1/s1. The zero-order valence-corrected chi connectivity index (χ0v) is 12.9. The molecule has 0 unspecified atom stereocenters. The van der Waals surface area contributed by atoms with E-state index in [1.165, 1.54) is 0 Å². The van der Waals surface area contributed by atoms with Crippen molar-refractivity contribution < 1.29 is 9.84 Å². The van der Waals surface area contributed by atoms with Crippen LogP contribution in [0.3, 0.4) is 0 Å². The molecule has 0 aliphatic heterocycles. The molecule has 0 saturated heterocycles. The Morgan fingerprint density at radius 2 is 1.86 bits per heavy atom. The lowest BCUT2D eigenvalue weighted by Gasteiger charge is -2.16. The summed E-state index contributed by atoms with van der Waals surface area (Å²) < 4.78 is 7.45. The van der Waals surface area contributed by atoms with E-state index >= 15 is 0 Å². The van der Waals surface area contributed by atoms with Crippen molar-refractivity contribution in [2.24, 2.45) is 0 Å². The Labute approximate surface area is 130 Å². The maximum absolute atomic E-state index is 10.8. The van der Waals surface area contributed by atoms with Crippen LogP contribution in [0, 0.1) is 0 Å². The maximum atomic E-state index is 10.8. The summed E-state index contributed by atoms with van der Waals surface area (Å²) in [4.78, 5) is 4.64. The molecule has 0 aliphatic rings. The van der Waals surface area contributed by atoms with Gasteiger partial charge >= 0.3 is 0 Å². The van der Waals surface area contributed by atoms with Crippen LogP contribution in [0.15, 0.2) is 48.5 Å². The average Bonchev–Trinajstić information content (AvgIpc) is 2.93. The lowest BCUT2D eigenvalue weighted by molar-refractivity contribution is 0.200. The predicted molar refractivity (Wildman–Crippen MR) is 87.1 cm³/mol. The minimum Gasteiger partial charge on any atom is -0.496 e. The molecule has 2 aromatic carbocycles. The molecule has 0 saturated carbocycles. The van der Waals surface area contributed by atoms with E-state index in [-0.39, 0.29) is 0 Å². The van der Waals surface area contributed by atoms with Gasteiger partial charge in [0.05, 0.1) is 18.1 Å². The molecular weight excluding hydrogens is 276 g/mol. The second kappa shape index (κ2) is 6.20. The number of aromatic nitrogens is 2. The number of para-hydroxylation sites is 3. The Morgan fingerprint density at radius 3 is 2.64 bits per heavy atom. The molecule has 1 aromatic heterocycles. The van der Waals surface area contributed by atoms with Crippen molar-refractivity contribution >= 4 is 11.0 Å². The van der Waals surface area contributed by atoms with Crippen LogP contribution in [0.25, 0.3) is 11.0 Å². The van der Waals surface area contributed by atoms with E-state index in [0.29, 0.717) is 11.6 Å². The summed E-state index contributed by atoms with van der Waals surface area (Å²) in [5.41, 5.74) is 2.69. The minimum atomic E-state index is -0.810. The maximum Gasteiger partial charge on any atom is 0.143 e. The number of nitrogens with zero attached hydrogens (tertiary/aromatic N) is 2. The SMILES string of the molecule is CCCn1c([C@H](O)c2ccccc2OC)nc2ccccc21. The third-order valence-electron chi connectivity index (χ3n) is 3.81. The van der Waals surface area contributed by atoms with Crippen molar-refractivity contribution in [1.82, 2.24) is 9.55 Å². The topological polar surface area (TPSA) is 47.3 Å². The first kappa shape index (κ1) is 14.6. The zero-order valence-electron chi connectivity index (χ0n) is 12.9. The summed E-state index contributed by atoms with van der Waals surface area (Å²) >= 11 is 0. The summed E-state index contributed by atoms with van der Waals surface area (Å²) in [6.07, 6.45) is 0.168. The lowest BCUT2D eigenvalue weighted by atomic mass is 10.1. The summed E-state index contributed by atoms with van der Waals surface area (Å²) in [5, 5.41) is 10.8. The van der Waals surface area contributed by atoms with Crippen LogP contribution < -0.4 is 4.74 Å². The molecule has 1 N–H and O–H groups in total. The van der Waals surface area contributed by atoms with Gasteiger partial charge in [-0.05, 0) is 24.6 Å². The Hall–Kier alpha value is -2.33. The Balaban J connectivity index is 2.14. The van der Waals surface area contributed by atoms with Crippen molar-refractivity contribution in [1.29, 1.82) is 0 Å². The highest BCUT2D eigenvalue weighted by molar-refractivity contribution is 5.76. The number of methoxy groups -OCH3 is 1. The minimum absolute atomic E-state index is 0.660. The fraction of sp³-hybridized carbons (Fsp3) is 0.278. The Morgan fingerprint density at radius 1 is 1.14 bits per heavy atom. The largest absolute Gasteiger partial charge is 0.496 e. The van der Waals surface area contributed by atoms with Gasteiger partial charge in [-0.2, -0.15) is 0 Å². The van der Waals surface area contributed by atoms with Crippen molar-refractivity contribution in [3.63, 3.8) is 0 Å². The van der Waals surface area contributed by atoms with Gasteiger partial charge in [-0.25, -0.2) is 4.98 Å². The van der Waals surface area contributed by atoms with Gasteiger partial charge in [0.15, 0.2) is 0 Å². The number of aryl methyl sites for hydroxylation is 1. The number of aliphatic hydroxyl groups is 1. The summed E-state index contributed by atoms with van der Waals surface area (Å²) in [7, 11) is 1.61. The molecule has 0 aliphatic carbocycles. The number of hydrogen-bond acceptors (Lipinski definition) is 3. The van der Waals surface area contributed by atoms with E-state index in [9.17, 15) is 5.11 Å². The zero-order chi connectivity index (χ0) is 15.5. The summed E-state index contributed by atoms with van der Waals surface area (Å²) in [5.74, 6) is 1.33. The molecule has 114 valence electrons. The number of hydrogen-bond donors (Lipinski definition) is 1. The van der Waals surface area contributed by atoms with Gasteiger partial charge in [0.1, 0.15) is 17.7 Å². The molecule has 0 spiro atoms. The quantitative estimate of drug-likeness (QED) is 0.783. The molecule has 4 nitrogen and oxygen atoms in total. The van der Waals surface area contributed by atoms with Crippen molar-refractivity contribution in [2.75, 3.05) is 7.11 Å². The van der Waals surface area contributed by atoms with Crippen LogP contribution in [0.4, 0.5) is 0 Å². The molecule has 1 atom stereocenters. The smallest absolute Gasteiger partial charge is 0.143 e. The highest BCUT2D eigenvalue weighted by Gasteiger charge is 2.21. The fourth-order valence-corrected chi connectivity index (χ4v) is 2.79. The first-order chi connectivity index (χ1) is 10.8. The van der Waals surface area contributed by atoms with E-state index in [0.717, 1.165) is 29.6 Å². The number of imidazole rings is 1. The fourth-order valence-electron chi connectivity index (χ4n) is 2.79. The molecule has 0 amide bonds. The van der Waals surface area contributed by atoms with E-state index in [1.54, 1.807) is 7.11 Å². The monoisotopic (exact) mass is 296 g/mol. The van der Waals surface area contributed by atoms with Crippen molar-refractivity contribution in [3.8, 4) is 5.75 Å². The number of aliphatic hydroxyl groups excluding tert-OH is 1. The van der Waals surface area contributed by atoms with Crippen molar-refractivity contribution in [2.45, 2.75) is 26.0 Å². The third-order valence-corrected chi connectivity index (χ3v) is 3.81. The van der Waals surface area contributed by atoms with Crippen LogP contribution in [0.2, 0.25) is 0 Å². The molecule has 3 aromatic rings. The first-order valence-corrected chi connectivity index (χ1v) is 7.52. The van der Waals surface area contributed by atoms with Gasteiger partial charge in [-0.3, -0.25) is 0 Å². The van der Waals surface area contributed by atoms with Gasteiger partial charge in [0.2, 0.25) is 0 Å². The first-order valence-electron chi connectivity index (χ1n) is 7.52. The van der Waals surface area contributed by atoms with Crippen molar-refractivity contribution in [3.05, 3.63) is 59.9 Å². The molecule has 4 heteroatoms. The third kappa shape index (κ3) is 2.46. The predicted octanol–water partition coefficient (Wildman–Crippen LogP) is 3.54. The average molecular weight is 296 g/mol. The molecule has 22 heavy (non-hydrogen) atoms. The lowest BCUT2D eigenvalue weighted by Crippen LogP contribution is -2.11. The Bertz CT molecular complexity index is 780. The number of ether oxygens (including phenoxy) is 1. The summed E-state index contributed by atoms with van der Waals surface area (Å²) in [6.45, 7) is 2.94. The number of fused-ring (bicyclic) bond motifs is 1.